The van der Waals surface area contributed by atoms with Gasteiger partial charge in [0.1, 0.15) is 4.60 Å². The molecule has 2 aromatic heterocycles. The Morgan fingerprint density at radius 3 is 2.53 bits per heavy atom. The molecule has 6 nitrogen and oxygen atoms in total. The SMILES string of the molecule is N[C@H]1C[C@H](n2c(=O)n(C3CC3)c3nc(Br)cnc32)C1. The minimum absolute atomic E-state index is 0.0208. The number of rotatable bonds is 2. The molecule has 2 aliphatic carbocycles. The van der Waals surface area contributed by atoms with Crippen molar-refractivity contribution in [2.45, 2.75) is 43.8 Å². The molecule has 0 spiro atoms. The Bertz CT molecular complexity index is 711. The zero-order valence-corrected chi connectivity index (χ0v) is 11.9. The number of aromatic nitrogens is 4. The summed E-state index contributed by atoms with van der Waals surface area (Å²) in [5.74, 6) is 0. The molecule has 2 aromatic rings. The summed E-state index contributed by atoms with van der Waals surface area (Å²) in [6.07, 6.45) is 5.45. The highest BCUT2D eigenvalue weighted by atomic mass is 79.9. The normalized spacial score (nSPS) is 26.6. The standard InChI is InChI=1S/C12H14BrN5O/c13-9-5-15-10-11(16-9)17(7-1-2-7)12(19)18(10)8-3-6(14)4-8/h5-8H,1-4,14H2/t6-,8-. The summed E-state index contributed by atoms with van der Waals surface area (Å²) in [6.45, 7) is 0. The van der Waals surface area contributed by atoms with Crippen LogP contribution in [0.3, 0.4) is 0 Å². The van der Waals surface area contributed by atoms with Crippen molar-refractivity contribution in [3.63, 3.8) is 0 Å². The lowest BCUT2D eigenvalue weighted by Gasteiger charge is -2.32. The first kappa shape index (κ1) is 11.6. The van der Waals surface area contributed by atoms with E-state index in [4.69, 9.17) is 5.73 Å². The van der Waals surface area contributed by atoms with Crippen molar-refractivity contribution in [2.75, 3.05) is 0 Å². The van der Waals surface area contributed by atoms with Gasteiger partial charge in [-0.1, -0.05) is 0 Å². The molecule has 2 saturated carbocycles. The molecule has 2 aliphatic rings. The van der Waals surface area contributed by atoms with E-state index >= 15 is 0 Å². The minimum atomic E-state index is 0.0208. The van der Waals surface area contributed by atoms with Crippen molar-refractivity contribution in [3.05, 3.63) is 21.3 Å². The van der Waals surface area contributed by atoms with Crippen LogP contribution in [0.5, 0.6) is 0 Å². The fourth-order valence-corrected chi connectivity index (χ4v) is 3.08. The predicted molar refractivity (Wildman–Crippen MR) is 74.0 cm³/mol. The van der Waals surface area contributed by atoms with E-state index in [-0.39, 0.29) is 17.8 Å². The Labute approximate surface area is 117 Å². The average molecular weight is 324 g/mol. The van der Waals surface area contributed by atoms with Crippen molar-refractivity contribution in [3.8, 4) is 0 Å². The average Bonchev–Trinajstić information content (AvgIpc) is 3.11. The maximum atomic E-state index is 12.6. The van der Waals surface area contributed by atoms with E-state index in [1.807, 2.05) is 0 Å². The van der Waals surface area contributed by atoms with Gasteiger partial charge in [-0.2, -0.15) is 0 Å². The van der Waals surface area contributed by atoms with Gasteiger partial charge in [0, 0.05) is 18.1 Å². The molecule has 2 N–H and O–H groups in total. The van der Waals surface area contributed by atoms with Gasteiger partial charge in [-0.25, -0.2) is 14.8 Å². The molecule has 0 atom stereocenters. The van der Waals surface area contributed by atoms with E-state index in [0.29, 0.717) is 21.9 Å². The van der Waals surface area contributed by atoms with Crippen LogP contribution in [-0.4, -0.2) is 25.1 Å². The fraction of sp³-hybridized carbons (Fsp3) is 0.583. The second-order valence-corrected chi connectivity index (χ2v) is 6.29. The highest BCUT2D eigenvalue weighted by Crippen LogP contribution is 2.38. The monoisotopic (exact) mass is 323 g/mol. The van der Waals surface area contributed by atoms with E-state index in [1.54, 1.807) is 15.3 Å². The number of imidazole rings is 1. The summed E-state index contributed by atoms with van der Waals surface area (Å²) in [4.78, 5) is 21.4. The van der Waals surface area contributed by atoms with Crippen LogP contribution in [0.15, 0.2) is 15.6 Å². The van der Waals surface area contributed by atoms with Gasteiger partial charge in [-0.3, -0.25) is 9.13 Å². The second-order valence-electron chi connectivity index (χ2n) is 5.48. The third-order valence-corrected chi connectivity index (χ3v) is 4.38. The molecule has 7 heteroatoms. The zero-order chi connectivity index (χ0) is 13.1. The summed E-state index contributed by atoms with van der Waals surface area (Å²) in [6, 6.07) is 0.689. The molecule has 0 saturated heterocycles. The van der Waals surface area contributed by atoms with Crippen molar-refractivity contribution >= 4 is 27.2 Å². The van der Waals surface area contributed by atoms with E-state index in [9.17, 15) is 4.79 Å². The molecule has 19 heavy (non-hydrogen) atoms. The number of nitrogens with two attached hydrogens (primary N) is 1. The first-order chi connectivity index (χ1) is 9.15. The second kappa shape index (κ2) is 3.89. The van der Waals surface area contributed by atoms with Crippen LogP contribution in [-0.2, 0) is 0 Å². The molecule has 2 heterocycles. The number of fused-ring (bicyclic) bond motifs is 1. The van der Waals surface area contributed by atoms with Gasteiger partial charge in [0.2, 0.25) is 0 Å². The molecule has 0 radical (unpaired) electrons. The van der Waals surface area contributed by atoms with Gasteiger partial charge in [0.15, 0.2) is 11.3 Å². The Morgan fingerprint density at radius 2 is 1.89 bits per heavy atom. The van der Waals surface area contributed by atoms with E-state index < -0.39 is 0 Å². The lowest BCUT2D eigenvalue weighted by Crippen LogP contribution is -2.41. The number of hydrogen-bond donors (Lipinski definition) is 1. The number of nitrogens with zero attached hydrogens (tertiary/aromatic N) is 4. The summed E-state index contributed by atoms with van der Waals surface area (Å²) in [5, 5.41) is 0. The van der Waals surface area contributed by atoms with Crippen LogP contribution < -0.4 is 11.4 Å². The van der Waals surface area contributed by atoms with Gasteiger partial charge in [0.25, 0.3) is 0 Å². The van der Waals surface area contributed by atoms with Gasteiger partial charge in [-0.15, -0.1) is 0 Å². The maximum Gasteiger partial charge on any atom is 0.332 e. The largest absolute Gasteiger partial charge is 0.332 e. The molecule has 4 rings (SSSR count). The molecule has 0 aromatic carbocycles. The molecular weight excluding hydrogens is 310 g/mol. The lowest BCUT2D eigenvalue weighted by molar-refractivity contribution is 0.264. The molecule has 100 valence electrons. The molecule has 0 amide bonds. The minimum Gasteiger partial charge on any atom is -0.328 e. The van der Waals surface area contributed by atoms with Crippen molar-refractivity contribution < 1.29 is 0 Å². The third-order valence-electron chi connectivity index (χ3n) is 4.00. The van der Waals surface area contributed by atoms with Gasteiger partial charge in [0.05, 0.1) is 6.20 Å². The molecule has 0 aliphatic heterocycles. The highest BCUT2D eigenvalue weighted by Gasteiger charge is 2.35. The Morgan fingerprint density at radius 1 is 1.21 bits per heavy atom. The van der Waals surface area contributed by atoms with Gasteiger partial charge in [-0.05, 0) is 41.6 Å². The Hall–Kier alpha value is -1.21. The lowest BCUT2D eigenvalue weighted by atomic mass is 9.87. The summed E-state index contributed by atoms with van der Waals surface area (Å²) >= 11 is 3.33. The molecule has 0 bridgehead atoms. The van der Waals surface area contributed by atoms with E-state index in [0.717, 1.165) is 25.7 Å². The quantitative estimate of drug-likeness (QED) is 0.904. The topological polar surface area (TPSA) is 78.7 Å². The third kappa shape index (κ3) is 1.68. The van der Waals surface area contributed by atoms with Crippen LogP contribution in [0.25, 0.3) is 11.3 Å². The fourth-order valence-electron chi connectivity index (χ4n) is 2.81. The van der Waals surface area contributed by atoms with Crippen molar-refractivity contribution in [1.29, 1.82) is 0 Å². The Kier molecular flexibility index (Phi) is 2.38. The van der Waals surface area contributed by atoms with Crippen molar-refractivity contribution in [1.82, 2.24) is 19.1 Å². The maximum absolute atomic E-state index is 12.6. The van der Waals surface area contributed by atoms with Gasteiger partial charge >= 0.3 is 5.69 Å². The van der Waals surface area contributed by atoms with E-state index in [2.05, 4.69) is 25.9 Å². The van der Waals surface area contributed by atoms with E-state index in [1.165, 1.54) is 0 Å². The zero-order valence-electron chi connectivity index (χ0n) is 10.3. The number of hydrogen-bond acceptors (Lipinski definition) is 4. The van der Waals surface area contributed by atoms with Crippen LogP contribution >= 0.6 is 15.9 Å². The van der Waals surface area contributed by atoms with Crippen LogP contribution in [0, 0.1) is 0 Å². The van der Waals surface area contributed by atoms with Crippen LogP contribution in [0.1, 0.15) is 37.8 Å². The smallest absolute Gasteiger partial charge is 0.328 e. The Balaban J connectivity index is 1.97. The highest BCUT2D eigenvalue weighted by molar-refractivity contribution is 9.10. The predicted octanol–water partition coefficient (Wildman–Crippen LogP) is 1.35. The summed E-state index contributed by atoms with van der Waals surface area (Å²) in [5.41, 5.74) is 7.25. The van der Waals surface area contributed by atoms with Crippen LogP contribution in [0.2, 0.25) is 0 Å². The van der Waals surface area contributed by atoms with Gasteiger partial charge < -0.3 is 5.73 Å². The number of halogens is 1. The molecule has 2 fully saturated rings. The molecule has 0 unspecified atom stereocenters. The summed E-state index contributed by atoms with van der Waals surface area (Å²) < 4.78 is 4.25. The molecular formula is C12H14BrN5O. The van der Waals surface area contributed by atoms with Crippen LogP contribution in [0.4, 0.5) is 0 Å². The van der Waals surface area contributed by atoms with Crippen molar-refractivity contribution in [2.24, 2.45) is 5.73 Å². The summed E-state index contributed by atoms with van der Waals surface area (Å²) in [7, 11) is 0. The first-order valence-electron chi connectivity index (χ1n) is 6.55. The first-order valence-corrected chi connectivity index (χ1v) is 7.35.